The summed E-state index contributed by atoms with van der Waals surface area (Å²) in [6.07, 6.45) is 5.64. The smallest absolute Gasteiger partial charge is 0.0635 e. The predicted octanol–water partition coefficient (Wildman–Crippen LogP) is 3.34. The van der Waals surface area contributed by atoms with Gasteiger partial charge in [0.25, 0.3) is 0 Å². The quantitative estimate of drug-likeness (QED) is 0.512. The van der Waals surface area contributed by atoms with Gasteiger partial charge < -0.3 is 0 Å². The fourth-order valence-electron chi connectivity index (χ4n) is 1.28. The average Bonchev–Trinajstić information content (AvgIpc) is 2.29. The van der Waals surface area contributed by atoms with Crippen molar-refractivity contribution < 1.29 is 0 Å². The van der Waals surface area contributed by atoms with Gasteiger partial charge >= 0.3 is 0 Å². The molecule has 0 N–H and O–H groups in total. The van der Waals surface area contributed by atoms with E-state index < -0.39 is 0 Å². The van der Waals surface area contributed by atoms with Crippen LogP contribution in [0.25, 0.3) is 0 Å². The summed E-state index contributed by atoms with van der Waals surface area (Å²) in [5.41, 5.74) is 1.24. The lowest BCUT2D eigenvalue weighted by Gasteiger charge is -1.94. The molecule has 0 aliphatic carbocycles. The number of aliphatic imine (C=N–C) groups is 1. The van der Waals surface area contributed by atoms with Gasteiger partial charge in [0.1, 0.15) is 0 Å². The van der Waals surface area contributed by atoms with Crippen molar-refractivity contribution in [1.82, 2.24) is 0 Å². The van der Waals surface area contributed by atoms with Crippen LogP contribution in [-0.4, -0.2) is 6.21 Å². The summed E-state index contributed by atoms with van der Waals surface area (Å²) in [7, 11) is 0. The number of benzene rings is 1. The fourth-order valence-corrected chi connectivity index (χ4v) is 1.28. The summed E-state index contributed by atoms with van der Waals surface area (Å²) >= 11 is 0. The van der Waals surface area contributed by atoms with Crippen LogP contribution in [0.2, 0.25) is 0 Å². The number of hydrogen-bond donors (Lipinski definition) is 0. The summed E-state index contributed by atoms with van der Waals surface area (Å²) in [5, 5.41) is 8.33. The highest BCUT2D eigenvalue weighted by Crippen LogP contribution is 2.01. The fraction of sp³-hybridized carbons (Fsp3) is 0.385. The molecule has 78 valence electrons. The third-order valence-corrected chi connectivity index (χ3v) is 2.12. The summed E-state index contributed by atoms with van der Waals surface area (Å²) in [5.74, 6) is 0. The lowest BCUT2D eigenvalue weighted by atomic mass is 10.2. The molecule has 1 aromatic carbocycles. The van der Waals surface area contributed by atoms with E-state index in [1.807, 2.05) is 24.4 Å². The van der Waals surface area contributed by atoms with Gasteiger partial charge in [0.15, 0.2) is 0 Å². The molecule has 1 rings (SSSR count). The maximum Gasteiger partial charge on any atom is 0.0635 e. The molecule has 0 atom stereocenters. The zero-order valence-electron chi connectivity index (χ0n) is 8.89. The molecule has 0 aliphatic heterocycles. The molecule has 0 aromatic heterocycles. The molecule has 0 unspecified atom stereocenters. The Kier molecular flexibility index (Phi) is 5.92. The number of rotatable bonds is 6. The number of nitrogens with zero attached hydrogens (tertiary/aromatic N) is 2. The van der Waals surface area contributed by atoms with Gasteiger partial charge in [0, 0.05) is 6.42 Å². The second-order valence-corrected chi connectivity index (χ2v) is 3.41. The van der Waals surface area contributed by atoms with Gasteiger partial charge in [-0.15, -0.1) is 0 Å². The average molecular weight is 200 g/mol. The van der Waals surface area contributed by atoms with Crippen LogP contribution in [0, 0.1) is 11.3 Å². The third kappa shape index (κ3) is 5.64. The van der Waals surface area contributed by atoms with E-state index in [9.17, 15) is 0 Å². The van der Waals surface area contributed by atoms with Crippen molar-refractivity contribution in [2.24, 2.45) is 4.99 Å². The zero-order valence-corrected chi connectivity index (χ0v) is 8.89. The first-order valence-corrected chi connectivity index (χ1v) is 5.32. The van der Waals surface area contributed by atoms with E-state index in [-0.39, 0.29) is 0 Å². The van der Waals surface area contributed by atoms with E-state index in [2.05, 4.69) is 23.2 Å². The van der Waals surface area contributed by atoms with E-state index in [4.69, 9.17) is 5.26 Å². The molecule has 2 nitrogen and oxygen atoms in total. The van der Waals surface area contributed by atoms with Crippen molar-refractivity contribution in [2.45, 2.75) is 32.2 Å². The second-order valence-electron chi connectivity index (χ2n) is 3.41. The van der Waals surface area contributed by atoms with Crippen molar-refractivity contribution in [3.05, 3.63) is 35.9 Å². The lowest BCUT2D eigenvalue weighted by Crippen LogP contribution is -1.82. The Morgan fingerprint density at radius 2 is 2.00 bits per heavy atom. The van der Waals surface area contributed by atoms with Crippen LogP contribution in [0.4, 0.5) is 0 Å². The minimum absolute atomic E-state index is 0.659. The van der Waals surface area contributed by atoms with E-state index in [1.54, 1.807) is 0 Å². The summed E-state index contributed by atoms with van der Waals surface area (Å²) in [6.45, 7) is 0.763. The Morgan fingerprint density at radius 3 is 2.73 bits per heavy atom. The number of nitriles is 1. The van der Waals surface area contributed by atoms with Crippen LogP contribution in [0.1, 0.15) is 31.2 Å². The Hall–Kier alpha value is -1.62. The molecule has 0 bridgehead atoms. The molecule has 0 amide bonds. The molecule has 0 spiro atoms. The van der Waals surface area contributed by atoms with Crippen molar-refractivity contribution in [3.63, 3.8) is 0 Å². The molecule has 0 fully saturated rings. The van der Waals surface area contributed by atoms with Gasteiger partial charge in [-0.1, -0.05) is 30.3 Å². The van der Waals surface area contributed by atoms with Crippen LogP contribution >= 0.6 is 0 Å². The Balaban J connectivity index is 2.10. The highest BCUT2D eigenvalue weighted by atomic mass is 14.7. The molecular weight excluding hydrogens is 184 g/mol. The van der Waals surface area contributed by atoms with E-state index in [0.717, 1.165) is 25.8 Å². The topological polar surface area (TPSA) is 36.1 Å². The standard InChI is InChI=1S/C13H16N2/c14-10-6-1-2-7-11-15-12-13-8-4-3-5-9-13/h3-5,8-9,11H,1-2,6-7,12H2. The summed E-state index contributed by atoms with van der Waals surface area (Å²) < 4.78 is 0. The monoisotopic (exact) mass is 200 g/mol. The van der Waals surface area contributed by atoms with Gasteiger partial charge in [0.2, 0.25) is 0 Å². The van der Waals surface area contributed by atoms with E-state index >= 15 is 0 Å². The molecule has 15 heavy (non-hydrogen) atoms. The maximum atomic E-state index is 8.33. The first kappa shape index (κ1) is 11.5. The zero-order chi connectivity index (χ0) is 10.8. The molecule has 0 aliphatic rings. The van der Waals surface area contributed by atoms with Gasteiger partial charge in [-0.05, 0) is 31.0 Å². The Morgan fingerprint density at radius 1 is 1.20 bits per heavy atom. The molecule has 2 heteroatoms. The first-order chi connectivity index (χ1) is 7.43. The van der Waals surface area contributed by atoms with Gasteiger partial charge in [-0.3, -0.25) is 4.99 Å². The number of hydrogen-bond acceptors (Lipinski definition) is 2. The molecule has 0 saturated carbocycles. The van der Waals surface area contributed by atoms with E-state index in [0.29, 0.717) is 6.42 Å². The lowest BCUT2D eigenvalue weighted by molar-refractivity contribution is 0.787. The molecule has 1 aromatic rings. The summed E-state index contributed by atoms with van der Waals surface area (Å²) in [4.78, 5) is 4.33. The highest BCUT2D eigenvalue weighted by Gasteiger charge is 1.87. The largest absolute Gasteiger partial charge is 0.293 e. The van der Waals surface area contributed by atoms with Crippen LogP contribution in [0.15, 0.2) is 35.3 Å². The van der Waals surface area contributed by atoms with Crippen molar-refractivity contribution >= 4 is 6.21 Å². The normalized spacial score (nSPS) is 10.3. The van der Waals surface area contributed by atoms with Crippen molar-refractivity contribution in [3.8, 4) is 6.07 Å². The van der Waals surface area contributed by atoms with Crippen molar-refractivity contribution in [1.29, 1.82) is 5.26 Å². The van der Waals surface area contributed by atoms with E-state index in [1.165, 1.54) is 5.56 Å². The number of unbranched alkanes of at least 4 members (excludes halogenated alkanes) is 3. The highest BCUT2D eigenvalue weighted by molar-refractivity contribution is 5.57. The predicted molar refractivity (Wildman–Crippen MR) is 62.7 cm³/mol. The minimum atomic E-state index is 0.659. The Bertz CT molecular complexity index is 322. The van der Waals surface area contributed by atoms with Crippen LogP contribution < -0.4 is 0 Å². The summed E-state index contributed by atoms with van der Waals surface area (Å²) in [6, 6.07) is 12.4. The maximum absolute atomic E-state index is 8.33. The van der Waals surface area contributed by atoms with Crippen molar-refractivity contribution in [2.75, 3.05) is 0 Å². The minimum Gasteiger partial charge on any atom is -0.293 e. The third-order valence-electron chi connectivity index (χ3n) is 2.12. The first-order valence-electron chi connectivity index (χ1n) is 5.32. The molecule has 0 radical (unpaired) electrons. The van der Waals surface area contributed by atoms with Crippen LogP contribution in [0.3, 0.4) is 0 Å². The second kappa shape index (κ2) is 7.75. The van der Waals surface area contributed by atoms with Gasteiger partial charge in [-0.25, -0.2) is 0 Å². The SMILES string of the molecule is N#CCCCCC=NCc1ccccc1. The van der Waals surface area contributed by atoms with Gasteiger partial charge in [-0.2, -0.15) is 5.26 Å². The molecule has 0 saturated heterocycles. The Labute approximate surface area is 91.3 Å². The van der Waals surface area contributed by atoms with Crippen LogP contribution in [-0.2, 0) is 6.54 Å². The molecular formula is C13H16N2. The van der Waals surface area contributed by atoms with Gasteiger partial charge in [0.05, 0.1) is 12.6 Å². The molecule has 0 heterocycles. The van der Waals surface area contributed by atoms with Crippen LogP contribution in [0.5, 0.6) is 0 Å².